The van der Waals surface area contributed by atoms with E-state index in [2.05, 4.69) is 15.5 Å². The number of benzene rings is 1. The van der Waals surface area contributed by atoms with Gasteiger partial charge < -0.3 is 4.90 Å². The first-order valence-corrected chi connectivity index (χ1v) is 5.45. The average molecular weight is 267 g/mol. The lowest BCUT2D eigenvalue weighted by Gasteiger charge is -2.17. The first-order valence-electron chi connectivity index (χ1n) is 5.45. The molecule has 0 aliphatic rings. The van der Waals surface area contributed by atoms with Gasteiger partial charge in [-0.25, -0.2) is 13.5 Å². The number of nitrogens with zero attached hydrogens (tertiary/aromatic N) is 5. The van der Waals surface area contributed by atoms with Crippen LogP contribution in [0.5, 0.6) is 0 Å². The highest BCUT2D eigenvalue weighted by atomic mass is 19.2. The third kappa shape index (κ3) is 3.30. The largest absolute Gasteiger partial charge is 0.340 e. The van der Waals surface area contributed by atoms with Crippen LogP contribution < -0.4 is 0 Å². The minimum absolute atomic E-state index is 0.00677. The highest BCUT2D eigenvalue weighted by molar-refractivity contribution is 5.75. The van der Waals surface area contributed by atoms with Crippen molar-refractivity contribution in [2.75, 3.05) is 7.05 Å². The number of carbonyl (C=O) groups is 1. The number of likely N-dealkylation sites (N-methyl/N-ethyl adjacent to an activating group) is 1. The molecule has 100 valence electrons. The zero-order chi connectivity index (χ0) is 13.8. The average Bonchev–Trinajstić information content (AvgIpc) is 2.86. The summed E-state index contributed by atoms with van der Waals surface area (Å²) < 4.78 is 27.1. The second-order valence-electron chi connectivity index (χ2n) is 4.01. The van der Waals surface area contributed by atoms with E-state index < -0.39 is 11.6 Å². The van der Waals surface area contributed by atoms with Crippen LogP contribution in [-0.2, 0) is 17.9 Å². The van der Waals surface area contributed by atoms with E-state index in [0.717, 1.165) is 12.1 Å². The van der Waals surface area contributed by atoms with Crippen molar-refractivity contribution in [3.8, 4) is 0 Å². The minimum Gasteiger partial charge on any atom is -0.340 e. The van der Waals surface area contributed by atoms with Crippen molar-refractivity contribution in [3.63, 3.8) is 0 Å². The Morgan fingerprint density at radius 2 is 2.16 bits per heavy atom. The first-order chi connectivity index (χ1) is 9.06. The predicted octanol–water partition coefficient (Wildman–Crippen LogP) is 0.610. The van der Waals surface area contributed by atoms with E-state index in [-0.39, 0.29) is 19.0 Å². The minimum atomic E-state index is -0.932. The number of amides is 1. The Hall–Kier alpha value is -2.38. The summed E-state index contributed by atoms with van der Waals surface area (Å²) >= 11 is 0. The van der Waals surface area contributed by atoms with E-state index in [0.29, 0.717) is 5.56 Å². The Labute approximate surface area is 107 Å². The van der Waals surface area contributed by atoms with Crippen LogP contribution in [0.2, 0.25) is 0 Å². The van der Waals surface area contributed by atoms with Gasteiger partial charge in [0.25, 0.3) is 0 Å². The topological polar surface area (TPSA) is 63.9 Å². The molecule has 1 amide bonds. The Morgan fingerprint density at radius 3 is 2.79 bits per heavy atom. The molecular weight excluding hydrogens is 256 g/mol. The molecule has 6 nitrogen and oxygen atoms in total. The highest BCUT2D eigenvalue weighted by Crippen LogP contribution is 2.10. The van der Waals surface area contributed by atoms with Crippen LogP contribution in [0.3, 0.4) is 0 Å². The van der Waals surface area contributed by atoms with Gasteiger partial charge in [-0.3, -0.25) is 4.79 Å². The summed E-state index contributed by atoms with van der Waals surface area (Å²) in [4.78, 5) is 13.2. The lowest BCUT2D eigenvalue weighted by atomic mass is 10.2. The molecule has 0 spiro atoms. The fourth-order valence-electron chi connectivity index (χ4n) is 1.51. The molecule has 0 atom stereocenters. The van der Waals surface area contributed by atoms with Crippen molar-refractivity contribution in [1.82, 2.24) is 25.1 Å². The molecule has 1 heterocycles. The summed E-state index contributed by atoms with van der Waals surface area (Å²) in [6.07, 6.45) is 1.32. The summed E-state index contributed by atoms with van der Waals surface area (Å²) in [5, 5.41) is 10.4. The fraction of sp³-hybridized carbons (Fsp3) is 0.273. The molecule has 2 aromatic rings. The zero-order valence-corrected chi connectivity index (χ0v) is 10.1. The Balaban J connectivity index is 1.98. The van der Waals surface area contributed by atoms with Crippen LogP contribution >= 0.6 is 0 Å². The summed E-state index contributed by atoms with van der Waals surface area (Å²) in [6, 6.07) is 3.53. The van der Waals surface area contributed by atoms with Gasteiger partial charge in [0.15, 0.2) is 11.6 Å². The first kappa shape index (κ1) is 13.1. The molecule has 0 aliphatic carbocycles. The second-order valence-corrected chi connectivity index (χ2v) is 4.01. The van der Waals surface area contributed by atoms with Gasteiger partial charge in [0, 0.05) is 13.6 Å². The Morgan fingerprint density at radius 1 is 1.37 bits per heavy atom. The van der Waals surface area contributed by atoms with Crippen molar-refractivity contribution in [1.29, 1.82) is 0 Å². The van der Waals surface area contributed by atoms with Gasteiger partial charge in [0.2, 0.25) is 5.91 Å². The van der Waals surface area contributed by atoms with Crippen LogP contribution in [0.4, 0.5) is 8.78 Å². The third-order valence-electron chi connectivity index (χ3n) is 2.52. The lowest BCUT2D eigenvalue weighted by molar-refractivity contribution is -0.131. The normalized spacial score (nSPS) is 10.5. The van der Waals surface area contributed by atoms with Crippen molar-refractivity contribution in [3.05, 3.63) is 41.7 Å². The number of aromatic nitrogens is 4. The third-order valence-corrected chi connectivity index (χ3v) is 2.52. The molecule has 8 heteroatoms. The van der Waals surface area contributed by atoms with E-state index in [1.165, 1.54) is 22.0 Å². The predicted molar refractivity (Wildman–Crippen MR) is 60.6 cm³/mol. The van der Waals surface area contributed by atoms with Crippen molar-refractivity contribution < 1.29 is 13.6 Å². The molecule has 0 saturated carbocycles. The van der Waals surface area contributed by atoms with Crippen LogP contribution in [-0.4, -0.2) is 38.1 Å². The molecule has 0 bridgehead atoms. The number of halogens is 2. The maximum Gasteiger partial charge on any atom is 0.244 e. The van der Waals surface area contributed by atoms with E-state index >= 15 is 0 Å². The van der Waals surface area contributed by atoms with Gasteiger partial charge in [-0.05, 0) is 28.1 Å². The molecule has 19 heavy (non-hydrogen) atoms. The fourth-order valence-corrected chi connectivity index (χ4v) is 1.51. The van der Waals surface area contributed by atoms with Gasteiger partial charge in [-0.15, -0.1) is 5.10 Å². The highest BCUT2D eigenvalue weighted by Gasteiger charge is 2.12. The molecule has 0 saturated heterocycles. The molecule has 0 N–H and O–H groups in total. The number of tetrazole rings is 1. The molecule has 1 aromatic heterocycles. The summed E-state index contributed by atoms with van der Waals surface area (Å²) in [5.41, 5.74) is 0.506. The van der Waals surface area contributed by atoms with Crippen molar-refractivity contribution >= 4 is 5.91 Å². The standard InChI is InChI=1S/C11H11F2N5O/c1-17(11(19)6-18-7-14-15-16-18)5-8-2-3-9(12)10(13)4-8/h2-4,7H,5-6H2,1H3. The van der Waals surface area contributed by atoms with Gasteiger partial charge in [-0.1, -0.05) is 6.07 Å². The molecule has 0 radical (unpaired) electrons. The van der Waals surface area contributed by atoms with E-state index in [1.807, 2.05) is 0 Å². The van der Waals surface area contributed by atoms with E-state index in [4.69, 9.17) is 0 Å². The smallest absolute Gasteiger partial charge is 0.244 e. The van der Waals surface area contributed by atoms with Gasteiger partial charge in [0.1, 0.15) is 12.9 Å². The molecule has 1 aromatic carbocycles. The van der Waals surface area contributed by atoms with Crippen LogP contribution in [0.1, 0.15) is 5.56 Å². The summed E-state index contributed by atoms with van der Waals surface area (Å²) in [7, 11) is 1.56. The second kappa shape index (κ2) is 5.51. The maximum absolute atomic E-state index is 13.0. The lowest BCUT2D eigenvalue weighted by Crippen LogP contribution is -2.30. The van der Waals surface area contributed by atoms with Crippen molar-refractivity contribution in [2.24, 2.45) is 0 Å². The van der Waals surface area contributed by atoms with Crippen molar-refractivity contribution in [2.45, 2.75) is 13.1 Å². The summed E-state index contributed by atoms with van der Waals surface area (Å²) in [6.45, 7) is 0.172. The molecule has 0 fully saturated rings. The number of carbonyl (C=O) groups excluding carboxylic acids is 1. The maximum atomic E-state index is 13.0. The number of rotatable bonds is 4. The number of hydrogen-bond acceptors (Lipinski definition) is 4. The Bertz CT molecular complexity index is 572. The Kier molecular flexibility index (Phi) is 3.79. The quantitative estimate of drug-likeness (QED) is 0.814. The van der Waals surface area contributed by atoms with Gasteiger partial charge in [-0.2, -0.15) is 0 Å². The SMILES string of the molecule is CN(Cc1ccc(F)c(F)c1)C(=O)Cn1cnnn1. The zero-order valence-electron chi connectivity index (χ0n) is 10.1. The van der Waals surface area contributed by atoms with Crippen LogP contribution in [0, 0.1) is 11.6 Å². The van der Waals surface area contributed by atoms with Crippen LogP contribution in [0.25, 0.3) is 0 Å². The van der Waals surface area contributed by atoms with Gasteiger partial charge >= 0.3 is 0 Å². The number of hydrogen-bond donors (Lipinski definition) is 0. The molecule has 0 aliphatic heterocycles. The van der Waals surface area contributed by atoms with E-state index in [1.54, 1.807) is 7.05 Å². The van der Waals surface area contributed by atoms with E-state index in [9.17, 15) is 13.6 Å². The monoisotopic (exact) mass is 267 g/mol. The molecular formula is C11H11F2N5O. The summed E-state index contributed by atoms with van der Waals surface area (Å²) in [5.74, 6) is -2.08. The van der Waals surface area contributed by atoms with Gasteiger partial charge in [0.05, 0.1) is 0 Å². The molecule has 0 unspecified atom stereocenters. The molecule has 2 rings (SSSR count). The van der Waals surface area contributed by atoms with Crippen LogP contribution in [0.15, 0.2) is 24.5 Å².